The molecule has 90 valence electrons. The monoisotopic (exact) mass is 224 g/mol. The van der Waals surface area contributed by atoms with Crippen molar-refractivity contribution in [2.75, 3.05) is 13.9 Å². The average Bonchev–Trinajstić information content (AvgIpc) is 2.27. The average molecular weight is 224 g/mol. The number of hydrogen-bond acceptors (Lipinski definition) is 3. The maximum atomic E-state index is 11.4. The van der Waals surface area contributed by atoms with E-state index in [2.05, 4.69) is 6.92 Å². The lowest BCUT2D eigenvalue weighted by Crippen LogP contribution is -2.42. The zero-order valence-electron chi connectivity index (χ0n) is 10.1. The van der Waals surface area contributed by atoms with Gasteiger partial charge < -0.3 is 9.47 Å². The Morgan fingerprint density at radius 3 is 3.06 bits per heavy atom. The minimum absolute atomic E-state index is 0.0602. The molecule has 2 rings (SSSR count). The first-order valence-electron chi connectivity index (χ1n) is 6.01. The summed E-state index contributed by atoms with van der Waals surface area (Å²) in [4.78, 5) is 11.4. The topological polar surface area (TPSA) is 35.5 Å². The van der Waals surface area contributed by atoms with Crippen LogP contribution in [0.2, 0.25) is 0 Å². The second-order valence-electron chi connectivity index (χ2n) is 5.01. The van der Waals surface area contributed by atoms with E-state index in [1.54, 1.807) is 7.11 Å². The fraction of sp³-hybridized carbons (Fsp3) is 0.769. The summed E-state index contributed by atoms with van der Waals surface area (Å²) in [7, 11) is 1.65. The highest BCUT2D eigenvalue weighted by molar-refractivity contribution is 5.91. The van der Waals surface area contributed by atoms with Crippen LogP contribution in [0.3, 0.4) is 0 Å². The van der Waals surface area contributed by atoms with Gasteiger partial charge in [-0.2, -0.15) is 0 Å². The SMILES string of the molecule is COCO[C@H]1CCCC2=CC(=O)CC[C@]21C. The van der Waals surface area contributed by atoms with Gasteiger partial charge in [0.1, 0.15) is 6.79 Å². The second kappa shape index (κ2) is 4.68. The molecule has 0 heterocycles. The van der Waals surface area contributed by atoms with Gasteiger partial charge in [-0.25, -0.2) is 0 Å². The highest BCUT2D eigenvalue weighted by Gasteiger charge is 2.43. The van der Waals surface area contributed by atoms with Gasteiger partial charge in [0.25, 0.3) is 0 Å². The van der Waals surface area contributed by atoms with Crippen LogP contribution < -0.4 is 0 Å². The molecule has 0 spiro atoms. The number of ketones is 1. The van der Waals surface area contributed by atoms with Gasteiger partial charge in [0, 0.05) is 18.9 Å². The van der Waals surface area contributed by atoms with E-state index in [4.69, 9.17) is 9.47 Å². The molecule has 0 bridgehead atoms. The van der Waals surface area contributed by atoms with Crippen molar-refractivity contribution in [3.05, 3.63) is 11.6 Å². The summed E-state index contributed by atoms with van der Waals surface area (Å²) in [6.07, 6.45) is 6.88. The normalized spacial score (nSPS) is 34.5. The first kappa shape index (κ1) is 11.8. The number of ether oxygens (including phenoxy) is 2. The fourth-order valence-electron chi connectivity index (χ4n) is 2.91. The molecule has 1 saturated carbocycles. The van der Waals surface area contributed by atoms with Gasteiger partial charge in [0.15, 0.2) is 5.78 Å². The molecule has 2 atom stereocenters. The number of hydrogen-bond donors (Lipinski definition) is 0. The Hall–Kier alpha value is -0.670. The Morgan fingerprint density at radius 1 is 1.50 bits per heavy atom. The summed E-state index contributed by atoms with van der Waals surface area (Å²) in [6, 6.07) is 0. The minimum atomic E-state index is 0.0602. The molecule has 3 heteroatoms. The maximum Gasteiger partial charge on any atom is 0.155 e. The molecule has 0 radical (unpaired) electrons. The Morgan fingerprint density at radius 2 is 2.31 bits per heavy atom. The van der Waals surface area contributed by atoms with E-state index in [1.807, 2.05) is 6.08 Å². The quantitative estimate of drug-likeness (QED) is 0.691. The standard InChI is InChI=1S/C13H20O3/c1-13-7-6-11(14)8-10(13)4-3-5-12(13)16-9-15-2/h8,12H,3-7,9H2,1-2H3/t12-,13+/m0/s1. The van der Waals surface area contributed by atoms with Crippen LogP contribution in [0.25, 0.3) is 0 Å². The third-order valence-corrected chi connectivity index (χ3v) is 3.97. The lowest BCUT2D eigenvalue weighted by molar-refractivity contribution is -0.126. The first-order valence-corrected chi connectivity index (χ1v) is 6.01. The molecule has 0 saturated heterocycles. The maximum absolute atomic E-state index is 11.4. The van der Waals surface area contributed by atoms with E-state index in [-0.39, 0.29) is 17.3 Å². The van der Waals surface area contributed by atoms with Gasteiger partial charge in [0.2, 0.25) is 0 Å². The van der Waals surface area contributed by atoms with Crippen LogP contribution in [-0.4, -0.2) is 25.8 Å². The summed E-state index contributed by atoms with van der Waals surface area (Å²) in [5, 5.41) is 0. The first-order chi connectivity index (χ1) is 7.66. The van der Waals surface area contributed by atoms with Crippen LogP contribution in [0.1, 0.15) is 39.0 Å². The smallest absolute Gasteiger partial charge is 0.155 e. The predicted octanol–water partition coefficient (Wildman–Crippen LogP) is 2.46. The van der Waals surface area contributed by atoms with Crippen molar-refractivity contribution in [1.82, 2.24) is 0 Å². The van der Waals surface area contributed by atoms with Gasteiger partial charge in [-0.1, -0.05) is 12.5 Å². The van der Waals surface area contributed by atoms with Crippen LogP contribution >= 0.6 is 0 Å². The molecule has 0 unspecified atom stereocenters. The zero-order valence-corrected chi connectivity index (χ0v) is 10.1. The number of rotatable bonds is 3. The molecule has 0 aliphatic heterocycles. The summed E-state index contributed by atoms with van der Waals surface area (Å²) in [5.41, 5.74) is 1.35. The molecule has 1 fully saturated rings. The Bertz CT molecular complexity index is 308. The van der Waals surface area contributed by atoms with Gasteiger partial charge in [0.05, 0.1) is 6.10 Å². The van der Waals surface area contributed by atoms with Gasteiger partial charge in [-0.3, -0.25) is 4.79 Å². The lowest BCUT2D eigenvalue weighted by atomic mass is 9.64. The minimum Gasteiger partial charge on any atom is -0.359 e. The van der Waals surface area contributed by atoms with Crippen molar-refractivity contribution in [2.45, 2.75) is 45.1 Å². The van der Waals surface area contributed by atoms with Crippen molar-refractivity contribution >= 4 is 5.78 Å². The van der Waals surface area contributed by atoms with E-state index in [1.165, 1.54) is 5.57 Å². The van der Waals surface area contributed by atoms with Gasteiger partial charge >= 0.3 is 0 Å². The van der Waals surface area contributed by atoms with Crippen LogP contribution in [0, 0.1) is 5.41 Å². The summed E-state index contributed by atoms with van der Waals surface area (Å²) < 4.78 is 10.7. The summed E-state index contributed by atoms with van der Waals surface area (Å²) in [6.45, 7) is 2.58. The molecular weight excluding hydrogens is 204 g/mol. The van der Waals surface area contributed by atoms with Gasteiger partial charge in [-0.05, 0) is 31.8 Å². The number of allylic oxidation sites excluding steroid dienone is 1. The molecule has 16 heavy (non-hydrogen) atoms. The van der Waals surface area contributed by atoms with E-state index in [0.717, 1.165) is 25.7 Å². The van der Waals surface area contributed by atoms with Crippen LogP contribution in [0.4, 0.5) is 0 Å². The van der Waals surface area contributed by atoms with Crippen molar-refractivity contribution in [2.24, 2.45) is 5.41 Å². The Balaban J connectivity index is 2.16. The number of carbonyl (C=O) groups is 1. The number of carbonyl (C=O) groups excluding carboxylic acids is 1. The van der Waals surface area contributed by atoms with E-state index in [9.17, 15) is 4.79 Å². The highest BCUT2D eigenvalue weighted by atomic mass is 16.7. The molecule has 0 amide bonds. The molecule has 2 aliphatic rings. The Labute approximate surface area is 96.8 Å². The molecule has 0 aromatic heterocycles. The zero-order chi connectivity index (χ0) is 11.6. The molecule has 0 aromatic rings. The van der Waals surface area contributed by atoms with Crippen molar-refractivity contribution < 1.29 is 14.3 Å². The van der Waals surface area contributed by atoms with Crippen LogP contribution in [0.15, 0.2) is 11.6 Å². The van der Waals surface area contributed by atoms with E-state index in [0.29, 0.717) is 13.2 Å². The van der Waals surface area contributed by atoms with Crippen molar-refractivity contribution in [3.8, 4) is 0 Å². The predicted molar refractivity (Wildman–Crippen MR) is 61.0 cm³/mol. The molecular formula is C13H20O3. The van der Waals surface area contributed by atoms with Crippen molar-refractivity contribution in [1.29, 1.82) is 0 Å². The molecule has 0 aromatic carbocycles. The fourth-order valence-corrected chi connectivity index (χ4v) is 2.91. The molecule has 3 nitrogen and oxygen atoms in total. The number of fused-ring (bicyclic) bond motifs is 1. The lowest BCUT2D eigenvalue weighted by Gasteiger charge is -2.45. The van der Waals surface area contributed by atoms with Crippen LogP contribution in [0.5, 0.6) is 0 Å². The molecule has 2 aliphatic carbocycles. The van der Waals surface area contributed by atoms with Gasteiger partial charge in [-0.15, -0.1) is 0 Å². The highest BCUT2D eigenvalue weighted by Crippen LogP contribution is 2.47. The van der Waals surface area contributed by atoms with Crippen molar-refractivity contribution in [3.63, 3.8) is 0 Å². The van der Waals surface area contributed by atoms with E-state index < -0.39 is 0 Å². The summed E-state index contributed by atoms with van der Waals surface area (Å²) >= 11 is 0. The van der Waals surface area contributed by atoms with E-state index >= 15 is 0 Å². The molecule has 0 N–H and O–H groups in total. The number of methoxy groups -OCH3 is 1. The largest absolute Gasteiger partial charge is 0.359 e. The second-order valence-corrected chi connectivity index (χ2v) is 5.01. The third kappa shape index (κ3) is 2.06. The Kier molecular flexibility index (Phi) is 3.45. The summed E-state index contributed by atoms with van der Waals surface area (Å²) in [5.74, 6) is 0.278. The van der Waals surface area contributed by atoms with Crippen LogP contribution in [-0.2, 0) is 14.3 Å². The third-order valence-electron chi connectivity index (χ3n) is 3.97.